The molecular formula is C16H24ClN3O2. The van der Waals surface area contributed by atoms with Gasteiger partial charge in [0.25, 0.3) is 5.91 Å². The summed E-state index contributed by atoms with van der Waals surface area (Å²) >= 11 is 6.11. The van der Waals surface area contributed by atoms with Crippen molar-refractivity contribution in [3.63, 3.8) is 0 Å². The van der Waals surface area contributed by atoms with Crippen LogP contribution in [0.2, 0.25) is 5.02 Å². The minimum Gasteiger partial charge on any atom is -0.340 e. The number of nitrogens with one attached hydrogen (secondary N) is 2. The third-order valence-electron chi connectivity index (χ3n) is 3.12. The highest BCUT2D eigenvalue weighted by molar-refractivity contribution is 6.34. The Balaban J connectivity index is 2.85. The van der Waals surface area contributed by atoms with Crippen molar-refractivity contribution in [3.05, 3.63) is 28.8 Å². The van der Waals surface area contributed by atoms with E-state index >= 15 is 0 Å². The number of anilines is 1. The number of benzene rings is 1. The summed E-state index contributed by atoms with van der Waals surface area (Å²) < 4.78 is 0. The maximum absolute atomic E-state index is 12.4. The normalized spacial score (nSPS) is 10.6. The molecule has 0 atom stereocenters. The Morgan fingerprint density at radius 2 is 2.00 bits per heavy atom. The molecular weight excluding hydrogens is 302 g/mol. The van der Waals surface area contributed by atoms with Gasteiger partial charge in [-0.25, -0.2) is 0 Å². The summed E-state index contributed by atoms with van der Waals surface area (Å²) in [5.41, 5.74) is 0.975. The quantitative estimate of drug-likeness (QED) is 0.810. The van der Waals surface area contributed by atoms with Crippen LogP contribution in [0.25, 0.3) is 0 Å². The lowest BCUT2D eigenvalue weighted by atomic mass is 10.1. The first-order valence-corrected chi connectivity index (χ1v) is 7.72. The van der Waals surface area contributed by atoms with Gasteiger partial charge in [-0.15, -0.1) is 0 Å². The fraction of sp³-hybridized carbons (Fsp3) is 0.500. The zero-order chi connectivity index (χ0) is 16.7. The molecule has 0 aromatic heterocycles. The molecule has 0 radical (unpaired) electrons. The molecule has 0 aliphatic rings. The molecule has 1 rings (SSSR count). The number of likely N-dealkylation sites (N-methyl/N-ethyl adjacent to an activating group) is 2. The van der Waals surface area contributed by atoms with Gasteiger partial charge >= 0.3 is 0 Å². The minimum atomic E-state index is -0.166. The lowest BCUT2D eigenvalue weighted by molar-refractivity contribution is -0.116. The van der Waals surface area contributed by atoms with Crippen molar-refractivity contribution < 1.29 is 9.59 Å². The number of hydrogen-bond acceptors (Lipinski definition) is 3. The van der Waals surface area contributed by atoms with E-state index in [9.17, 15) is 9.59 Å². The van der Waals surface area contributed by atoms with Crippen molar-refractivity contribution in [3.8, 4) is 0 Å². The van der Waals surface area contributed by atoms with Gasteiger partial charge in [0.1, 0.15) is 0 Å². The molecule has 0 aliphatic carbocycles. The van der Waals surface area contributed by atoms with E-state index in [0.29, 0.717) is 35.8 Å². The topological polar surface area (TPSA) is 61.4 Å². The Morgan fingerprint density at radius 1 is 1.32 bits per heavy atom. The van der Waals surface area contributed by atoms with Crippen molar-refractivity contribution in [1.82, 2.24) is 10.2 Å². The minimum absolute atomic E-state index is 0.0701. The van der Waals surface area contributed by atoms with Crippen molar-refractivity contribution in [2.75, 3.05) is 32.5 Å². The Morgan fingerprint density at radius 3 is 2.59 bits per heavy atom. The first-order valence-electron chi connectivity index (χ1n) is 7.34. The van der Waals surface area contributed by atoms with E-state index in [1.807, 2.05) is 20.9 Å². The first-order chi connectivity index (χ1) is 10.3. The maximum atomic E-state index is 12.4. The molecule has 22 heavy (non-hydrogen) atoms. The molecule has 6 heteroatoms. The van der Waals surface area contributed by atoms with Gasteiger partial charge in [0.15, 0.2) is 0 Å². The van der Waals surface area contributed by atoms with Gasteiger partial charge in [-0.2, -0.15) is 0 Å². The summed E-state index contributed by atoms with van der Waals surface area (Å²) in [6.45, 7) is 5.24. The molecule has 122 valence electrons. The van der Waals surface area contributed by atoms with E-state index in [1.54, 1.807) is 30.1 Å². The highest BCUT2D eigenvalue weighted by Gasteiger charge is 2.16. The molecule has 0 saturated heterocycles. The third-order valence-corrected chi connectivity index (χ3v) is 3.45. The number of hydrogen-bond donors (Lipinski definition) is 2. The van der Waals surface area contributed by atoms with Crippen LogP contribution in [0.5, 0.6) is 0 Å². The fourth-order valence-corrected chi connectivity index (χ4v) is 2.13. The zero-order valence-corrected chi connectivity index (χ0v) is 14.3. The summed E-state index contributed by atoms with van der Waals surface area (Å²) in [5, 5.41) is 6.17. The molecule has 0 bridgehead atoms. The van der Waals surface area contributed by atoms with Gasteiger partial charge in [-0.1, -0.05) is 25.4 Å². The number of nitrogens with zero attached hydrogens (tertiary/aromatic N) is 1. The van der Waals surface area contributed by atoms with E-state index < -0.39 is 0 Å². The lowest BCUT2D eigenvalue weighted by Gasteiger charge is -2.18. The average Bonchev–Trinajstić information content (AvgIpc) is 2.45. The standard InChI is InChI=1S/C16H24ClN3O2/c1-11(2)9-15(21)19-12-5-6-14(17)13(10-12)16(22)20(4)8-7-18-3/h5-6,10-11,18H,7-9H2,1-4H3,(H,19,21). The summed E-state index contributed by atoms with van der Waals surface area (Å²) in [7, 11) is 3.55. The van der Waals surface area contributed by atoms with Crippen LogP contribution in [-0.2, 0) is 4.79 Å². The largest absolute Gasteiger partial charge is 0.340 e. The van der Waals surface area contributed by atoms with Crippen molar-refractivity contribution in [1.29, 1.82) is 0 Å². The monoisotopic (exact) mass is 325 g/mol. The number of amides is 2. The summed E-state index contributed by atoms with van der Waals surface area (Å²) in [6, 6.07) is 4.95. The fourth-order valence-electron chi connectivity index (χ4n) is 1.94. The number of halogens is 1. The lowest BCUT2D eigenvalue weighted by Crippen LogP contribution is -2.33. The molecule has 0 unspecified atom stereocenters. The van der Waals surface area contributed by atoms with Gasteiger partial charge in [0.2, 0.25) is 5.91 Å². The third kappa shape index (κ3) is 5.66. The van der Waals surface area contributed by atoms with Crippen molar-refractivity contribution in [2.45, 2.75) is 20.3 Å². The molecule has 0 heterocycles. The van der Waals surface area contributed by atoms with Crippen molar-refractivity contribution in [2.24, 2.45) is 5.92 Å². The summed E-state index contributed by atoms with van der Waals surface area (Å²) in [6.07, 6.45) is 0.438. The second-order valence-electron chi connectivity index (χ2n) is 5.67. The molecule has 0 aliphatic heterocycles. The molecule has 0 spiro atoms. The molecule has 1 aromatic carbocycles. The van der Waals surface area contributed by atoms with E-state index in [-0.39, 0.29) is 17.7 Å². The molecule has 2 amide bonds. The van der Waals surface area contributed by atoms with Gasteiger partial charge < -0.3 is 15.5 Å². The molecule has 1 aromatic rings. The molecule has 0 saturated carbocycles. The second-order valence-corrected chi connectivity index (χ2v) is 6.08. The average molecular weight is 326 g/mol. The molecule has 2 N–H and O–H groups in total. The number of carbonyl (C=O) groups is 2. The van der Waals surface area contributed by atoms with Crippen LogP contribution in [-0.4, -0.2) is 43.9 Å². The summed E-state index contributed by atoms with van der Waals surface area (Å²) in [4.78, 5) is 25.8. The SMILES string of the molecule is CNCCN(C)C(=O)c1cc(NC(=O)CC(C)C)ccc1Cl. The smallest absolute Gasteiger partial charge is 0.255 e. The summed E-state index contributed by atoms with van der Waals surface area (Å²) in [5.74, 6) is 0.0422. The molecule has 0 fully saturated rings. The van der Waals surface area contributed by atoms with E-state index in [2.05, 4.69) is 10.6 Å². The van der Waals surface area contributed by atoms with E-state index in [4.69, 9.17) is 11.6 Å². The van der Waals surface area contributed by atoms with Crippen LogP contribution in [0.3, 0.4) is 0 Å². The van der Waals surface area contributed by atoms with Crippen molar-refractivity contribution >= 4 is 29.1 Å². The highest BCUT2D eigenvalue weighted by atomic mass is 35.5. The molecule has 5 nitrogen and oxygen atoms in total. The van der Waals surface area contributed by atoms with Gasteiger partial charge in [-0.3, -0.25) is 9.59 Å². The van der Waals surface area contributed by atoms with Crippen LogP contribution in [0.15, 0.2) is 18.2 Å². The van der Waals surface area contributed by atoms with Crippen LogP contribution in [0, 0.1) is 5.92 Å². The van der Waals surface area contributed by atoms with Crippen LogP contribution in [0.1, 0.15) is 30.6 Å². The van der Waals surface area contributed by atoms with Gasteiger partial charge in [-0.05, 0) is 31.2 Å². The Bertz CT molecular complexity index is 532. The zero-order valence-electron chi connectivity index (χ0n) is 13.6. The second kappa shape index (κ2) is 8.76. The number of carbonyl (C=O) groups excluding carboxylic acids is 2. The maximum Gasteiger partial charge on any atom is 0.255 e. The number of rotatable bonds is 7. The first kappa shape index (κ1) is 18.5. The van der Waals surface area contributed by atoms with Gasteiger partial charge in [0.05, 0.1) is 10.6 Å². The highest BCUT2D eigenvalue weighted by Crippen LogP contribution is 2.22. The van der Waals surface area contributed by atoms with Gasteiger partial charge in [0, 0.05) is 32.2 Å². The predicted molar refractivity (Wildman–Crippen MR) is 90.4 cm³/mol. The van der Waals surface area contributed by atoms with E-state index in [0.717, 1.165) is 0 Å². The predicted octanol–water partition coefficient (Wildman–Crippen LogP) is 2.62. The Labute approximate surface area is 137 Å². The Hall–Kier alpha value is -1.59. The van der Waals surface area contributed by atoms with Crippen LogP contribution in [0.4, 0.5) is 5.69 Å². The Kier molecular flexibility index (Phi) is 7.35. The van der Waals surface area contributed by atoms with Crippen LogP contribution < -0.4 is 10.6 Å². The van der Waals surface area contributed by atoms with E-state index in [1.165, 1.54) is 0 Å². The van der Waals surface area contributed by atoms with Crippen LogP contribution >= 0.6 is 11.6 Å².